The van der Waals surface area contributed by atoms with Gasteiger partial charge in [-0.15, -0.1) is 0 Å². The highest BCUT2D eigenvalue weighted by Crippen LogP contribution is 2.47. The molecule has 1 aromatic carbocycles. The van der Waals surface area contributed by atoms with Gasteiger partial charge in [-0.05, 0) is 31.9 Å². The molecule has 1 N–H and O–H groups in total. The summed E-state index contributed by atoms with van der Waals surface area (Å²) in [5.41, 5.74) is 0.181. The summed E-state index contributed by atoms with van der Waals surface area (Å²) in [5, 5.41) is 11.6. The van der Waals surface area contributed by atoms with Gasteiger partial charge in [-0.3, -0.25) is 9.69 Å². The Labute approximate surface area is 155 Å². The zero-order valence-electron chi connectivity index (χ0n) is 15.6. The molecule has 1 aliphatic carbocycles. The van der Waals surface area contributed by atoms with Crippen molar-refractivity contribution in [1.82, 2.24) is 9.80 Å². The highest BCUT2D eigenvalue weighted by molar-refractivity contribution is 5.82. The molecule has 3 fully saturated rings. The molecule has 3 aliphatic rings. The summed E-state index contributed by atoms with van der Waals surface area (Å²) in [7, 11) is 2.01. The van der Waals surface area contributed by atoms with Crippen LogP contribution in [0.5, 0.6) is 0 Å². The Bertz CT molecular complexity index is 637. The minimum atomic E-state index is -0.821. The lowest BCUT2D eigenvalue weighted by atomic mass is 9.66. The molecule has 1 amide bonds. The summed E-state index contributed by atoms with van der Waals surface area (Å²) in [6.07, 6.45) is 4.85. The van der Waals surface area contributed by atoms with E-state index in [4.69, 9.17) is 4.74 Å². The zero-order chi connectivity index (χ0) is 18.1. The van der Waals surface area contributed by atoms with Crippen molar-refractivity contribution in [3.05, 3.63) is 35.9 Å². The van der Waals surface area contributed by atoms with E-state index in [1.807, 2.05) is 37.4 Å². The maximum Gasteiger partial charge on any atom is 0.242 e. The Hall–Kier alpha value is -1.43. The molecular formula is C21H30N2O3. The van der Waals surface area contributed by atoms with Crippen LogP contribution in [0, 0.1) is 5.92 Å². The van der Waals surface area contributed by atoms with Crippen LogP contribution in [0.3, 0.4) is 0 Å². The van der Waals surface area contributed by atoms with Crippen molar-refractivity contribution in [3.8, 4) is 0 Å². The third-order valence-corrected chi connectivity index (χ3v) is 6.71. The van der Waals surface area contributed by atoms with Crippen molar-refractivity contribution in [1.29, 1.82) is 0 Å². The van der Waals surface area contributed by atoms with E-state index < -0.39 is 5.60 Å². The van der Waals surface area contributed by atoms with E-state index in [0.717, 1.165) is 37.8 Å². The van der Waals surface area contributed by atoms with E-state index in [1.165, 1.54) is 0 Å². The highest BCUT2D eigenvalue weighted by Gasteiger charge is 2.51. The SMILES string of the molecule is CN1CCOCC1C(=O)N1CC[C@@](O)(c2ccccc2)[C@@H]2CCCCC21. The van der Waals surface area contributed by atoms with Crippen molar-refractivity contribution < 1.29 is 14.6 Å². The number of morpholine rings is 1. The average Bonchev–Trinajstić information content (AvgIpc) is 2.69. The van der Waals surface area contributed by atoms with Crippen molar-refractivity contribution in [3.63, 3.8) is 0 Å². The van der Waals surface area contributed by atoms with Gasteiger partial charge in [0.1, 0.15) is 6.04 Å². The first-order valence-electron chi connectivity index (χ1n) is 9.97. The van der Waals surface area contributed by atoms with Gasteiger partial charge in [-0.1, -0.05) is 43.2 Å². The third kappa shape index (κ3) is 3.06. The molecule has 1 aromatic rings. The first kappa shape index (κ1) is 18.0. The monoisotopic (exact) mass is 358 g/mol. The summed E-state index contributed by atoms with van der Waals surface area (Å²) in [6.45, 7) is 2.59. The quantitative estimate of drug-likeness (QED) is 0.879. The summed E-state index contributed by atoms with van der Waals surface area (Å²) in [5.74, 6) is 0.297. The van der Waals surface area contributed by atoms with Crippen LogP contribution in [-0.2, 0) is 15.1 Å². The van der Waals surface area contributed by atoms with Crippen LogP contribution in [-0.4, -0.2) is 66.2 Å². The number of nitrogens with zero attached hydrogens (tertiary/aromatic N) is 2. The van der Waals surface area contributed by atoms with Crippen LogP contribution in [0.1, 0.15) is 37.7 Å². The van der Waals surface area contributed by atoms with Gasteiger partial charge >= 0.3 is 0 Å². The van der Waals surface area contributed by atoms with Gasteiger partial charge in [0.05, 0.1) is 18.8 Å². The molecule has 5 heteroatoms. The summed E-state index contributed by atoms with van der Waals surface area (Å²) in [4.78, 5) is 17.5. The number of hydrogen-bond donors (Lipinski definition) is 1. The van der Waals surface area contributed by atoms with Gasteiger partial charge in [0, 0.05) is 25.0 Å². The molecule has 4 rings (SSSR count). The van der Waals surface area contributed by atoms with E-state index in [0.29, 0.717) is 26.2 Å². The number of piperidine rings is 1. The molecule has 2 saturated heterocycles. The van der Waals surface area contributed by atoms with Crippen LogP contribution >= 0.6 is 0 Å². The highest BCUT2D eigenvalue weighted by atomic mass is 16.5. The molecule has 0 spiro atoms. The first-order valence-corrected chi connectivity index (χ1v) is 9.97. The number of fused-ring (bicyclic) bond motifs is 1. The Kier molecular flexibility index (Phi) is 5.04. The van der Waals surface area contributed by atoms with Gasteiger partial charge < -0.3 is 14.7 Å². The van der Waals surface area contributed by atoms with E-state index in [2.05, 4.69) is 9.80 Å². The van der Waals surface area contributed by atoms with Crippen molar-refractivity contribution in [2.75, 3.05) is 33.4 Å². The van der Waals surface area contributed by atoms with Crippen molar-refractivity contribution in [2.24, 2.45) is 5.92 Å². The number of aliphatic hydroxyl groups is 1. The predicted molar refractivity (Wildman–Crippen MR) is 99.7 cm³/mol. The fourth-order valence-corrected chi connectivity index (χ4v) is 5.18. The molecule has 1 saturated carbocycles. The molecule has 2 aliphatic heterocycles. The molecule has 4 atom stereocenters. The topological polar surface area (TPSA) is 53.0 Å². The molecule has 2 heterocycles. The second-order valence-electron chi connectivity index (χ2n) is 8.10. The second kappa shape index (κ2) is 7.29. The molecule has 0 radical (unpaired) electrons. The van der Waals surface area contributed by atoms with Gasteiger partial charge in [0.2, 0.25) is 5.91 Å². The summed E-state index contributed by atoms with van der Waals surface area (Å²) >= 11 is 0. The Morgan fingerprint density at radius 3 is 2.73 bits per heavy atom. The minimum Gasteiger partial charge on any atom is -0.385 e. The van der Waals surface area contributed by atoms with Gasteiger partial charge in [0.15, 0.2) is 0 Å². The van der Waals surface area contributed by atoms with Crippen molar-refractivity contribution >= 4 is 5.91 Å². The number of hydrogen-bond acceptors (Lipinski definition) is 4. The molecule has 0 bridgehead atoms. The third-order valence-electron chi connectivity index (χ3n) is 6.71. The molecule has 2 unspecified atom stereocenters. The van der Waals surface area contributed by atoms with Gasteiger partial charge in [0.25, 0.3) is 0 Å². The van der Waals surface area contributed by atoms with Gasteiger partial charge in [-0.25, -0.2) is 0 Å². The number of ether oxygens (including phenoxy) is 1. The summed E-state index contributed by atoms with van der Waals surface area (Å²) in [6, 6.07) is 9.99. The van der Waals surface area contributed by atoms with E-state index >= 15 is 0 Å². The summed E-state index contributed by atoms with van der Waals surface area (Å²) < 4.78 is 5.57. The van der Waals surface area contributed by atoms with Crippen LogP contribution < -0.4 is 0 Å². The number of amides is 1. The predicted octanol–water partition coefficient (Wildman–Crippen LogP) is 2.00. The lowest BCUT2D eigenvalue weighted by Gasteiger charge is -2.53. The van der Waals surface area contributed by atoms with Crippen LogP contribution in [0.2, 0.25) is 0 Å². The van der Waals surface area contributed by atoms with Crippen LogP contribution in [0.15, 0.2) is 30.3 Å². The fourth-order valence-electron chi connectivity index (χ4n) is 5.18. The Balaban J connectivity index is 1.59. The maximum atomic E-state index is 13.3. The number of carbonyl (C=O) groups excluding carboxylic acids is 1. The standard InChI is InChI=1S/C21H30N2O3/c1-22-13-14-26-15-19(22)20(24)23-12-11-21(25,16-7-3-2-4-8-16)17-9-5-6-10-18(17)23/h2-4,7-8,17-19,25H,5-6,9-15H2,1H3/t17-,18?,19?,21-/m1/s1. The number of carbonyl (C=O) groups is 1. The van der Waals surface area contributed by atoms with Crippen LogP contribution in [0.4, 0.5) is 0 Å². The molecule has 26 heavy (non-hydrogen) atoms. The zero-order valence-corrected chi connectivity index (χ0v) is 15.6. The molecular weight excluding hydrogens is 328 g/mol. The van der Waals surface area contributed by atoms with Crippen LogP contribution in [0.25, 0.3) is 0 Å². The van der Waals surface area contributed by atoms with E-state index in [1.54, 1.807) is 0 Å². The number of benzene rings is 1. The Morgan fingerprint density at radius 1 is 1.19 bits per heavy atom. The first-order chi connectivity index (χ1) is 12.6. The normalized spacial score (nSPS) is 35.8. The number of likely N-dealkylation sites (N-methyl/N-ethyl adjacent to an activating group) is 1. The average molecular weight is 358 g/mol. The molecule has 5 nitrogen and oxygen atoms in total. The van der Waals surface area contributed by atoms with Gasteiger partial charge in [-0.2, -0.15) is 0 Å². The number of likely N-dealkylation sites (tertiary alicyclic amines) is 1. The number of rotatable bonds is 2. The fraction of sp³-hybridized carbons (Fsp3) is 0.667. The molecule has 0 aromatic heterocycles. The van der Waals surface area contributed by atoms with E-state index in [-0.39, 0.29) is 23.9 Å². The lowest BCUT2D eigenvalue weighted by Crippen LogP contribution is -2.63. The van der Waals surface area contributed by atoms with Crippen molar-refractivity contribution in [2.45, 2.75) is 49.8 Å². The minimum absolute atomic E-state index is 0.117. The second-order valence-corrected chi connectivity index (χ2v) is 8.10. The molecule has 142 valence electrons. The Morgan fingerprint density at radius 2 is 1.96 bits per heavy atom. The lowest BCUT2D eigenvalue weighted by molar-refractivity contribution is -0.163. The maximum absolute atomic E-state index is 13.3. The largest absolute Gasteiger partial charge is 0.385 e. The van der Waals surface area contributed by atoms with E-state index in [9.17, 15) is 9.90 Å². The smallest absolute Gasteiger partial charge is 0.242 e.